The summed E-state index contributed by atoms with van der Waals surface area (Å²) in [5.41, 5.74) is -4.60. The van der Waals surface area contributed by atoms with Gasteiger partial charge in [-0.25, -0.2) is 16.8 Å². The van der Waals surface area contributed by atoms with E-state index in [0.29, 0.717) is 11.1 Å². The number of hydrogen-bond acceptors (Lipinski definition) is 4. The molecule has 0 radical (unpaired) electrons. The molecule has 0 spiro atoms. The van der Waals surface area contributed by atoms with Gasteiger partial charge in [-0.05, 0) is 24.6 Å². The maximum atomic E-state index is 12.1. The monoisotopic (exact) mass is 328 g/mol. The Morgan fingerprint density at radius 2 is 1.55 bits per heavy atom. The summed E-state index contributed by atoms with van der Waals surface area (Å²) in [5.74, 6) is 0. The van der Waals surface area contributed by atoms with Crippen molar-refractivity contribution in [2.75, 3.05) is 0 Å². The predicted octanol–water partition coefficient (Wildman–Crippen LogP) is 2.63. The van der Waals surface area contributed by atoms with Crippen LogP contribution in [-0.2, 0) is 20.0 Å². The minimum absolute atomic E-state index is 0.558. The third-order valence-electron chi connectivity index (χ3n) is 2.13. The molecule has 0 aliphatic carbocycles. The van der Waals surface area contributed by atoms with Crippen molar-refractivity contribution in [3.05, 3.63) is 40.5 Å². The quantitative estimate of drug-likeness (QED) is 0.850. The van der Waals surface area contributed by atoms with Gasteiger partial charge in [-0.3, -0.25) is 0 Å². The fourth-order valence-corrected chi connectivity index (χ4v) is 3.32. The highest BCUT2D eigenvalue weighted by Crippen LogP contribution is 2.32. The molecule has 0 saturated carbocycles. The van der Waals surface area contributed by atoms with E-state index in [-0.39, 0.29) is 0 Å². The third kappa shape index (κ3) is 3.58. The smallest absolute Gasteiger partial charge is 0.424 e. The van der Waals surface area contributed by atoms with Gasteiger partial charge in [-0.1, -0.05) is 24.3 Å². The highest BCUT2D eigenvalue weighted by molar-refractivity contribution is 8.12. The number of nitrogens with zero attached hydrogens (tertiary/aromatic N) is 1. The number of benzene rings is 1. The molecule has 0 aliphatic heterocycles. The van der Waals surface area contributed by atoms with Gasteiger partial charge in [0.25, 0.3) is 0 Å². The molecule has 1 aromatic carbocycles. The van der Waals surface area contributed by atoms with Gasteiger partial charge in [-0.15, -0.1) is 0 Å². The lowest BCUT2D eigenvalue weighted by atomic mass is 10.1. The summed E-state index contributed by atoms with van der Waals surface area (Å²) in [4.78, 5) is -0.657. The molecule has 0 N–H and O–H groups in total. The summed E-state index contributed by atoms with van der Waals surface area (Å²) >= 11 is 0. The molecule has 0 aliphatic rings. The first-order chi connectivity index (χ1) is 8.87. The average molecular weight is 328 g/mol. The van der Waals surface area contributed by atoms with E-state index in [4.69, 9.17) is 0 Å². The molecule has 10 heteroatoms. The Kier molecular flexibility index (Phi) is 4.32. The summed E-state index contributed by atoms with van der Waals surface area (Å²) in [7, 11) is -11.1. The second-order valence-electron chi connectivity index (χ2n) is 3.78. The molecule has 5 nitrogen and oxygen atoms in total. The van der Waals surface area contributed by atoms with Crippen LogP contribution in [0, 0.1) is 0 Å². The molecule has 0 aromatic heterocycles. The minimum atomic E-state index is -6.11. The lowest BCUT2D eigenvalue weighted by molar-refractivity contribution is -0.0425. The van der Waals surface area contributed by atoms with E-state index in [1.54, 1.807) is 6.92 Å². The Morgan fingerprint density at radius 1 is 1.10 bits per heavy atom. The SMILES string of the molecule is C=C(C)c1ccc(S(=O)(=O)[N-]S(=O)(=O)C(F)(F)F)cc1. The zero-order valence-corrected chi connectivity index (χ0v) is 11.7. The number of sulfonamides is 2. The number of alkyl halides is 3. The van der Waals surface area contributed by atoms with Crippen LogP contribution < -0.4 is 0 Å². The van der Waals surface area contributed by atoms with Crippen LogP contribution in [0.5, 0.6) is 0 Å². The number of allylic oxidation sites excluding steroid dienone is 1. The fourth-order valence-electron chi connectivity index (χ4n) is 1.13. The van der Waals surface area contributed by atoms with Crippen LogP contribution in [0.15, 0.2) is 35.7 Å². The Bertz CT molecular complexity index is 719. The lowest BCUT2D eigenvalue weighted by Crippen LogP contribution is -2.24. The van der Waals surface area contributed by atoms with Crippen LogP contribution >= 0.6 is 0 Å². The molecule has 112 valence electrons. The second kappa shape index (κ2) is 5.19. The van der Waals surface area contributed by atoms with Crippen LogP contribution in [0.1, 0.15) is 12.5 Å². The number of hydrogen-bond donors (Lipinski definition) is 0. The van der Waals surface area contributed by atoms with Crippen molar-refractivity contribution in [3.8, 4) is 0 Å². The van der Waals surface area contributed by atoms with Gasteiger partial charge in [0.15, 0.2) is 10.0 Å². The van der Waals surface area contributed by atoms with Crippen LogP contribution in [0.3, 0.4) is 0 Å². The Labute approximate surface area is 114 Å². The van der Waals surface area contributed by atoms with Crippen LogP contribution in [0.4, 0.5) is 13.2 Å². The first kappa shape index (κ1) is 16.7. The van der Waals surface area contributed by atoms with E-state index in [9.17, 15) is 30.0 Å². The predicted molar refractivity (Wildman–Crippen MR) is 66.7 cm³/mol. The normalized spacial score (nSPS) is 13.2. The van der Waals surface area contributed by atoms with E-state index in [1.807, 2.05) is 4.13 Å². The van der Waals surface area contributed by atoms with Gasteiger partial charge in [-0.2, -0.15) is 13.2 Å². The molecule has 0 unspecified atom stereocenters. The first-order valence-corrected chi connectivity index (χ1v) is 7.81. The van der Waals surface area contributed by atoms with Gasteiger partial charge >= 0.3 is 5.51 Å². The summed E-state index contributed by atoms with van der Waals surface area (Å²) in [6.45, 7) is 5.23. The highest BCUT2D eigenvalue weighted by Gasteiger charge is 2.40. The minimum Gasteiger partial charge on any atom is -0.424 e. The van der Waals surface area contributed by atoms with E-state index < -0.39 is 30.5 Å². The van der Waals surface area contributed by atoms with Crippen molar-refractivity contribution >= 4 is 25.6 Å². The van der Waals surface area contributed by atoms with E-state index in [0.717, 1.165) is 12.1 Å². The van der Waals surface area contributed by atoms with Crippen molar-refractivity contribution in [3.63, 3.8) is 0 Å². The zero-order chi connectivity index (χ0) is 15.8. The van der Waals surface area contributed by atoms with E-state index >= 15 is 0 Å². The Hall–Kier alpha value is -1.39. The van der Waals surface area contributed by atoms with Crippen molar-refractivity contribution in [2.24, 2.45) is 0 Å². The molecule has 1 rings (SSSR count). The molecule has 0 amide bonds. The number of halogens is 3. The molecule has 0 saturated heterocycles. The van der Waals surface area contributed by atoms with E-state index in [2.05, 4.69) is 6.58 Å². The molecular weight excluding hydrogens is 319 g/mol. The van der Waals surface area contributed by atoms with Crippen LogP contribution in [0.25, 0.3) is 9.70 Å². The molecule has 0 heterocycles. The van der Waals surface area contributed by atoms with Gasteiger partial charge in [0.2, 0.25) is 0 Å². The van der Waals surface area contributed by atoms with E-state index in [1.165, 1.54) is 12.1 Å². The van der Waals surface area contributed by atoms with Gasteiger partial charge in [0.05, 0.1) is 0 Å². The van der Waals surface area contributed by atoms with Gasteiger partial charge < -0.3 is 4.13 Å². The van der Waals surface area contributed by atoms with Crippen molar-refractivity contribution in [2.45, 2.75) is 17.3 Å². The summed E-state index contributed by atoms with van der Waals surface area (Å²) in [5, 5.41) is 0. The first-order valence-electron chi connectivity index (χ1n) is 4.93. The number of rotatable bonds is 4. The van der Waals surface area contributed by atoms with Crippen LogP contribution in [-0.4, -0.2) is 22.3 Å². The summed E-state index contributed by atoms with van der Waals surface area (Å²) in [6, 6.07) is 4.47. The highest BCUT2D eigenvalue weighted by atomic mass is 32.3. The molecule has 0 bridgehead atoms. The molecule has 0 atom stereocenters. The van der Waals surface area contributed by atoms with Gasteiger partial charge in [0.1, 0.15) is 10.0 Å². The summed E-state index contributed by atoms with van der Waals surface area (Å²) in [6.07, 6.45) is 0. The molecule has 1 aromatic rings. The summed E-state index contributed by atoms with van der Waals surface area (Å²) < 4.78 is 82.7. The molecule has 20 heavy (non-hydrogen) atoms. The maximum Gasteiger partial charge on any atom is 0.480 e. The van der Waals surface area contributed by atoms with Crippen molar-refractivity contribution in [1.29, 1.82) is 0 Å². The lowest BCUT2D eigenvalue weighted by Gasteiger charge is -2.22. The van der Waals surface area contributed by atoms with Crippen molar-refractivity contribution in [1.82, 2.24) is 0 Å². The zero-order valence-electron chi connectivity index (χ0n) is 10.0. The Balaban J connectivity index is 3.16. The standard InChI is InChI=1S/C10H9F3NO4S2/c1-7(2)8-3-5-9(6-4-8)19(15,16)14-20(17,18)10(11,12)13/h3-6H,1H2,2H3/q-1. The maximum absolute atomic E-state index is 12.1. The third-order valence-corrected chi connectivity index (χ3v) is 5.16. The largest absolute Gasteiger partial charge is 0.480 e. The molecule has 0 fully saturated rings. The second-order valence-corrected chi connectivity index (χ2v) is 7.21. The van der Waals surface area contributed by atoms with Crippen molar-refractivity contribution < 1.29 is 30.0 Å². The fraction of sp³-hybridized carbons (Fsp3) is 0.200. The van der Waals surface area contributed by atoms with Crippen LogP contribution in [0.2, 0.25) is 0 Å². The van der Waals surface area contributed by atoms with Gasteiger partial charge in [0, 0.05) is 4.90 Å². The molecular formula is C10H9F3NO4S2-. The Morgan fingerprint density at radius 3 is 1.90 bits per heavy atom. The average Bonchev–Trinajstić information content (AvgIpc) is 2.26. The topological polar surface area (TPSA) is 82.4 Å².